The van der Waals surface area contributed by atoms with Crippen molar-refractivity contribution in [3.8, 4) is 0 Å². The van der Waals surface area contributed by atoms with E-state index in [4.69, 9.17) is 10.5 Å². The largest absolute Gasteiger partial charge is 0.399 e. The van der Waals surface area contributed by atoms with Gasteiger partial charge in [0.25, 0.3) is 0 Å². The van der Waals surface area contributed by atoms with Crippen LogP contribution in [0.15, 0.2) is 42.5 Å². The molecule has 30 heavy (non-hydrogen) atoms. The SMILES string of the molecule is Cl.Cl.Nc1ccc2c(c1)CCCC2NC(=O)C(c1ccccc1F)N1CCOCC1. The van der Waals surface area contributed by atoms with Crippen LogP contribution in [0.4, 0.5) is 10.1 Å². The first kappa shape index (κ1) is 24.4. The maximum Gasteiger partial charge on any atom is 0.242 e. The fourth-order valence-corrected chi connectivity index (χ4v) is 4.27. The molecule has 164 valence electrons. The number of morpholine rings is 1. The van der Waals surface area contributed by atoms with Crippen LogP contribution in [0.1, 0.15) is 41.6 Å². The van der Waals surface area contributed by atoms with Crippen molar-refractivity contribution in [3.05, 3.63) is 65.0 Å². The fraction of sp³-hybridized carbons (Fsp3) is 0.409. The van der Waals surface area contributed by atoms with Crippen LogP contribution in [0, 0.1) is 5.82 Å². The zero-order valence-electron chi connectivity index (χ0n) is 16.7. The number of ether oxygens (including phenoxy) is 1. The molecule has 3 N–H and O–H groups in total. The van der Waals surface area contributed by atoms with Crippen LogP contribution in [0.2, 0.25) is 0 Å². The van der Waals surface area contributed by atoms with E-state index in [0.29, 0.717) is 31.9 Å². The first-order valence-electron chi connectivity index (χ1n) is 9.88. The molecular formula is C22H28Cl2FN3O2. The maximum atomic E-state index is 14.6. The number of benzene rings is 2. The van der Waals surface area contributed by atoms with Crippen molar-refractivity contribution in [2.24, 2.45) is 0 Å². The lowest BCUT2D eigenvalue weighted by Crippen LogP contribution is -2.47. The average molecular weight is 456 g/mol. The molecule has 1 aliphatic carbocycles. The Kier molecular flexibility index (Phi) is 8.92. The lowest BCUT2D eigenvalue weighted by molar-refractivity contribution is -0.129. The minimum Gasteiger partial charge on any atom is -0.399 e. The number of carbonyl (C=O) groups is 1. The molecule has 2 unspecified atom stereocenters. The van der Waals surface area contributed by atoms with Crippen molar-refractivity contribution in [2.45, 2.75) is 31.3 Å². The van der Waals surface area contributed by atoms with Crippen molar-refractivity contribution in [1.82, 2.24) is 10.2 Å². The topological polar surface area (TPSA) is 67.6 Å². The average Bonchev–Trinajstić information content (AvgIpc) is 2.70. The van der Waals surface area contributed by atoms with Crippen LogP contribution >= 0.6 is 24.8 Å². The molecule has 1 amide bonds. The lowest BCUT2D eigenvalue weighted by Gasteiger charge is -2.35. The minimum atomic E-state index is -0.663. The van der Waals surface area contributed by atoms with Gasteiger partial charge in [-0.1, -0.05) is 24.3 Å². The second kappa shape index (κ2) is 11.0. The number of halogens is 3. The van der Waals surface area contributed by atoms with Crippen molar-refractivity contribution in [3.63, 3.8) is 0 Å². The number of carbonyl (C=O) groups excluding carboxylic acids is 1. The predicted octanol–water partition coefficient (Wildman–Crippen LogP) is 3.82. The third kappa shape index (κ3) is 5.24. The number of nitrogens with one attached hydrogen (secondary N) is 1. The van der Waals surface area contributed by atoms with E-state index in [-0.39, 0.29) is 42.6 Å². The smallest absolute Gasteiger partial charge is 0.242 e. The summed E-state index contributed by atoms with van der Waals surface area (Å²) in [5, 5.41) is 3.19. The predicted molar refractivity (Wildman–Crippen MR) is 121 cm³/mol. The Bertz CT molecular complexity index is 862. The Balaban J connectivity index is 0.00000160. The summed E-state index contributed by atoms with van der Waals surface area (Å²) in [6, 6.07) is 11.7. The van der Waals surface area contributed by atoms with E-state index in [1.54, 1.807) is 18.2 Å². The van der Waals surface area contributed by atoms with E-state index in [2.05, 4.69) is 5.32 Å². The van der Waals surface area contributed by atoms with E-state index < -0.39 is 6.04 Å². The summed E-state index contributed by atoms with van der Waals surface area (Å²) < 4.78 is 20.0. The van der Waals surface area contributed by atoms with Gasteiger partial charge in [0.2, 0.25) is 5.91 Å². The molecule has 0 bridgehead atoms. The number of amides is 1. The fourth-order valence-electron chi connectivity index (χ4n) is 4.27. The number of rotatable bonds is 4. The van der Waals surface area contributed by atoms with Crippen molar-refractivity contribution in [2.75, 3.05) is 32.0 Å². The van der Waals surface area contributed by atoms with Gasteiger partial charge in [-0.2, -0.15) is 0 Å². The van der Waals surface area contributed by atoms with Gasteiger partial charge >= 0.3 is 0 Å². The highest BCUT2D eigenvalue weighted by molar-refractivity contribution is 5.85. The molecule has 1 fully saturated rings. The number of nitrogens with two attached hydrogens (primary N) is 1. The highest BCUT2D eigenvalue weighted by Crippen LogP contribution is 2.32. The summed E-state index contributed by atoms with van der Waals surface area (Å²) in [5.74, 6) is -0.521. The van der Waals surface area contributed by atoms with Crippen LogP contribution < -0.4 is 11.1 Å². The van der Waals surface area contributed by atoms with E-state index in [1.807, 2.05) is 23.1 Å². The Morgan fingerprint density at radius 3 is 2.63 bits per heavy atom. The van der Waals surface area contributed by atoms with Gasteiger partial charge in [-0.15, -0.1) is 24.8 Å². The molecule has 0 saturated carbocycles. The van der Waals surface area contributed by atoms with Crippen molar-refractivity contribution < 1.29 is 13.9 Å². The normalized spacial score (nSPS) is 19.6. The van der Waals surface area contributed by atoms with Gasteiger partial charge in [0.15, 0.2) is 0 Å². The van der Waals surface area contributed by atoms with Gasteiger partial charge in [-0.05, 0) is 48.6 Å². The minimum absolute atomic E-state index is 0. The van der Waals surface area contributed by atoms with Crippen LogP contribution in [0.5, 0.6) is 0 Å². The molecule has 2 aromatic carbocycles. The molecule has 4 rings (SSSR count). The van der Waals surface area contributed by atoms with Crippen LogP contribution in [0.25, 0.3) is 0 Å². The second-order valence-electron chi connectivity index (χ2n) is 7.48. The standard InChI is InChI=1S/C22H26FN3O2.2ClH/c23-19-6-2-1-5-18(19)21(26-10-12-28-13-11-26)22(27)25-20-7-3-4-15-14-16(24)8-9-17(15)20;;/h1-2,5-6,8-9,14,20-21H,3-4,7,10-13,24H2,(H,25,27);2*1H. The summed E-state index contributed by atoms with van der Waals surface area (Å²) in [6.07, 6.45) is 2.83. The third-order valence-corrected chi connectivity index (χ3v) is 5.66. The number of nitrogens with zero attached hydrogens (tertiary/aromatic N) is 1. The van der Waals surface area contributed by atoms with E-state index in [0.717, 1.165) is 30.5 Å². The molecule has 2 aliphatic rings. The monoisotopic (exact) mass is 455 g/mol. The summed E-state index contributed by atoms with van der Waals surface area (Å²) >= 11 is 0. The first-order chi connectivity index (χ1) is 13.6. The zero-order valence-corrected chi connectivity index (χ0v) is 18.3. The Morgan fingerprint density at radius 1 is 1.17 bits per heavy atom. The van der Waals surface area contributed by atoms with Gasteiger partial charge in [-0.3, -0.25) is 9.69 Å². The summed E-state index contributed by atoms with van der Waals surface area (Å²) in [7, 11) is 0. The number of anilines is 1. The quantitative estimate of drug-likeness (QED) is 0.687. The summed E-state index contributed by atoms with van der Waals surface area (Å²) in [4.78, 5) is 15.4. The molecule has 2 aromatic rings. The van der Waals surface area contributed by atoms with Crippen molar-refractivity contribution >= 4 is 36.4 Å². The van der Waals surface area contributed by atoms with Gasteiger partial charge in [-0.25, -0.2) is 4.39 Å². The number of hydrogen-bond donors (Lipinski definition) is 2. The lowest BCUT2D eigenvalue weighted by atomic mass is 9.87. The summed E-state index contributed by atoms with van der Waals surface area (Å²) in [5.41, 5.74) is 9.37. The molecule has 0 radical (unpaired) electrons. The van der Waals surface area contributed by atoms with Gasteiger partial charge in [0.1, 0.15) is 11.9 Å². The first-order valence-corrected chi connectivity index (χ1v) is 9.88. The van der Waals surface area contributed by atoms with Gasteiger partial charge < -0.3 is 15.8 Å². The van der Waals surface area contributed by atoms with Gasteiger partial charge in [0.05, 0.1) is 19.3 Å². The van der Waals surface area contributed by atoms with E-state index in [1.165, 1.54) is 11.6 Å². The third-order valence-electron chi connectivity index (χ3n) is 5.66. The number of hydrogen-bond acceptors (Lipinski definition) is 4. The van der Waals surface area contributed by atoms with Crippen LogP contribution in [-0.4, -0.2) is 37.1 Å². The van der Waals surface area contributed by atoms with Crippen LogP contribution in [-0.2, 0) is 16.0 Å². The molecule has 0 spiro atoms. The molecular weight excluding hydrogens is 428 g/mol. The molecule has 1 aliphatic heterocycles. The highest BCUT2D eigenvalue weighted by Gasteiger charge is 2.33. The number of fused-ring (bicyclic) bond motifs is 1. The van der Waals surface area contributed by atoms with Crippen LogP contribution in [0.3, 0.4) is 0 Å². The number of nitrogen functional groups attached to an aromatic ring is 1. The molecule has 2 atom stereocenters. The zero-order chi connectivity index (χ0) is 19.5. The molecule has 8 heteroatoms. The molecule has 1 saturated heterocycles. The van der Waals surface area contributed by atoms with Gasteiger partial charge in [0, 0.05) is 24.3 Å². The second-order valence-corrected chi connectivity index (χ2v) is 7.48. The highest BCUT2D eigenvalue weighted by atomic mass is 35.5. The molecule has 1 heterocycles. The summed E-state index contributed by atoms with van der Waals surface area (Å²) in [6.45, 7) is 2.29. The Labute approximate surface area is 189 Å². The maximum absolute atomic E-state index is 14.6. The van der Waals surface area contributed by atoms with Crippen molar-refractivity contribution in [1.29, 1.82) is 0 Å². The molecule has 0 aromatic heterocycles. The molecule has 5 nitrogen and oxygen atoms in total. The van der Waals surface area contributed by atoms with E-state index in [9.17, 15) is 9.18 Å². The Morgan fingerprint density at radius 2 is 1.90 bits per heavy atom. The number of aryl methyl sites for hydroxylation is 1. The van der Waals surface area contributed by atoms with E-state index >= 15 is 0 Å². The Hall–Kier alpha value is -1.86.